The molecule has 27 heavy (non-hydrogen) atoms. The molecule has 9 heteroatoms. The van der Waals surface area contributed by atoms with Gasteiger partial charge in [-0.1, -0.05) is 48.7 Å². The number of fused-ring (bicyclic) bond motifs is 1. The molecule has 3 rings (SSSR count). The number of ether oxygens (including phenoxy) is 1. The topological polar surface area (TPSA) is 64.1 Å². The SMILES string of the molecule is Cc1c(C(=O)OCC(C)C)sc2ncnc(Nc3cc(Cl)c(Cl)cc3Cl)c12. The number of thiophene rings is 1. The molecule has 2 aromatic heterocycles. The van der Waals surface area contributed by atoms with Crippen molar-refractivity contribution in [3.8, 4) is 0 Å². The molecule has 0 aliphatic carbocycles. The number of hydrogen-bond acceptors (Lipinski definition) is 6. The maximum Gasteiger partial charge on any atom is 0.348 e. The van der Waals surface area contributed by atoms with Crippen molar-refractivity contribution in [1.82, 2.24) is 9.97 Å². The van der Waals surface area contributed by atoms with E-state index >= 15 is 0 Å². The van der Waals surface area contributed by atoms with Crippen LogP contribution in [0.5, 0.6) is 0 Å². The van der Waals surface area contributed by atoms with E-state index in [1.807, 2.05) is 20.8 Å². The first kappa shape index (κ1) is 20.1. The number of hydrogen-bond donors (Lipinski definition) is 1. The molecule has 0 unspecified atom stereocenters. The van der Waals surface area contributed by atoms with Crippen molar-refractivity contribution in [1.29, 1.82) is 0 Å². The minimum atomic E-state index is -0.359. The van der Waals surface area contributed by atoms with E-state index in [2.05, 4.69) is 15.3 Å². The van der Waals surface area contributed by atoms with E-state index in [9.17, 15) is 4.79 Å². The van der Waals surface area contributed by atoms with Gasteiger partial charge >= 0.3 is 5.97 Å². The number of benzene rings is 1. The summed E-state index contributed by atoms with van der Waals surface area (Å²) in [5, 5.41) is 5.03. The van der Waals surface area contributed by atoms with Crippen LogP contribution in [-0.4, -0.2) is 22.5 Å². The van der Waals surface area contributed by atoms with Crippen molar-refractivity contribution in [2.75, 3.05) is 11.9 Å². The first-order chi connectivity index (χ1) is 12.8. The molecule has 0 spiro atoms. The van der Waals surface area contributed by atoms with Gasteiger partial charge in [0.2, 0.25) is 0 Å². The molecule has 0 atom stereocenters. The monoisotopic (exact) mass is 443 g/mol. The van der Waals surface area contributed by atoms with E-state index in [0.717, 1.165) is 10.9 Å². The number of anilines is 2. The Morgan fingerprint density at radius 1 is 1.19 bits per heavy atom. The lowest BCUT2D eigenvalue weighted by Gasteiger charge is -2.10. The van der Waals surface area contributed by atoms with Gasteiger partial charge in [-0.05, 0) is 30.5 Å². The summed E-state index contributed by atoms with van der Waals surface area (Å²) in [5.41, 5.74) is 1.31. The standard InChI is InChI=1S/C18H16Cl3N3O2S/c1-8(2)6-26-18(25)15-9(3)14-16(22-7-23-17(14)27-15)24-13-5-11(20)10(19)4-12(13)21/h4-5,7-8H,6H2,1-3H3,(H,22,23,24). The highest BCUT2D eigenvalue weighted by Gasteiger charge is 2.21. The summed E-state index contributed by atoms with van der Waals surface area (Å²) < 4.78 is 5.36. The van der Waals surface area contributed by atoms with Crippen LogP contribution in [0.1, 0.15) is 29.1 Å². The van der Waals surface area contributed by atoms with Crippen molar-refractivity contribution in [2.24, 2.45) is 5.92 Å². The van der Waals surface area contributed by atoms with Gasteiger partial charge < -0.3 is 10.1 Å². The predicted molar refractivity (Wildman–Crippen MR) is 112 cm³/mol. The molecule has 2 heterocycles. The van der Waals surface area contributed by atoms with Crippen molar-refractivity contribution in [2.45, 2.75) is 20.8 Å². The normalized spacial score (nSPS) is 11.2. The maximum absolute atomic E-state index is 12.4. The molecule has 1 N–H and O–H groups in total. The largest absolute Gasteiger partial charge is 0.461 e. The zero-order valence-electron chi connectivity index (χ0n) is 14.8. The lowest BCUT2D eigenvalue weighted by molar-refractivity contribution is 0.0464. The number of nitrogens with zero attached hydrogens (tertiary/aromatic N) is 2. The summed E-state index contributed by atoms with van der Waals surface area (Å²) in [6.45, 7) is 6.18. The second kappa shape index (κ2) is 8.19. The minimum Gasteiger partial charge on any atom is -0.461 e. The van der Waals surface area contributed by atoms with Crippen LogP contribution >= 0.6 is 46.1 Å². The number of rotatable bonds is 5. The molecular formula is C18H16Cl3N3O2S. The summed E-state index contributed by atoms with van der Waals surface area (Å²) >= 11 is 19.6. The minimum absolute atomic E-state index is 0.262. The van der Waals surface area contributed by atoms with Crippen LogP contribution in [0.3, 0.4) is 0 Å². The predicted octanol–water partition coefficient (Wildman–Crippen LogP) is 6.52. The number of esters is 1. The third kappa shape index (κ3) is 4.29. The molecule has 0 aliphatic rings. The number of nitrogens with one attached hydrogen (secondary N) is 1. The molecule has 1 aromatic carbocycles. The van der Waals surface area contributed by atoms with E-state index < -0.39 is 0 Å². The highest BCUT2D eigenvalue weighted by atomic mass is 35.5. The van der Waals surface area contributed by atoms with Crippen LogP contribution in [0, 0.1) is 12.8 Å². The lowest BCUT2D eigenvalue weighted by Crippen LogP contribution is -2.09. The number of carbonyl (C=O) groups is 1. The van der Waals surface area contributed by atoms with Crippen LogP contribution in [0.25, 0.3) is 10.2 Å². The Bertz CT molecular complexity index is 1020. The van der Waals surface area contributed by atoms with Crippen LogP contribution in [0.2, 0.25) is 15.1 Å². The number of aryl methyl sites for hydroxylation is 1. The van der Waals surface area contributed by atoms with Gasteiger partial charge in [0.25, 0.3) is 0 Å². The van der Waals surface area contributed by atoms with E-state index in [-0.39, 0.29) is 11.9 Å². The van der Waals surface area contributed by atoms with Crippen LogP contribution < -0.4 is 5.32 Å². The van der Waals surface area contributed by atoms with Crippen molar-refractivity contribution in [3.63, 3.8) is 0 Å². The van der Waals surface area contributed by atoms with Crippen molar-refractivity contribution < 1.29 is 9.53 Å². The van der Waals surface area contributed by atoms with E-state index in [0.29, 0.717) is 42.9 Å². The zero-order chi connectivity index (χ0) is 19.7. The second-order valence-corrected chi connectivity index (χ2v) is 8.54. The van der Waals surface area contributed by atoms with Crippen molar-refractivity contribution >= 4 is 73.8 Å². The van der Waals surface area contributed by atoms with Gasteiger partial charge in [-0.3, -0.25) is 0 Å². The van der Waals surface area contributed by atoms with E-state index in [1.54, 1.807) is 12.1 Å². The van der Waals surface area contributed by atoms with Gasteiger partial charge in [0, 0.05) is 0 Å². The lowest BCUT2D eigenvalue weighted by atomic mass is 10.2. The van der Waals surface area contributed by atoms with Gasteiger partial charge in [-0.2, -0.15) is 0 Å². The fraction of sp³-hybridized carbons (Fsp3) is 0.278. The number of halogens is 3. The molecule has 3 aromatic rings. The van der Waals surface area contributed by atoms with E-state index in [4.69, 9.17) is 39.5 Å². The molecule has 0 fully saturated rings. The summed E-state index contributed by atoms with van der Waals surface area (Å²) in [6, 6.07) is 3.18. The van der Waals surface area contributed by atoms with E-state index in [1.165, 1.54) is 17.7 Å². The Morgan fingerprint density at radius 3 is 2.59 bits per heavy atom. The van der Waals surface area contributed by atoms with Gasteiger partial charge in [0.1, 0.15) is 21.9 Å². The van der Waals surface area contributed by atoms with Crippen molar-refractivity contribution in [3.05, 3.63) is 44.0 Å². The molecule has 0 aliphatic heterocycles. The fourth-order valence-corrected chi connectivity index (χ4v) is 4.05. The fourth-order valence-electron chi connectivity index (χ4n) is 2.41. The first-order valence-electron chi connectivity index (χ1n) is 8.10. The summed E-state index contributed by atoms with van der Waals surface area (Å²) in [4.78, 5) is 22.2. The quantitative estimate of drug-likeness (QED) is 0.358. The van der Waals surface area contributed by atoms with Crippen LogP contribution in [0.4, 0.5) is 11.5 Å². The van der Waals surface area contributed by atoms with Gasteiger partial charge in [-0.25, -0.2) is 14.8 Å². The Balaban J connectivity index is 2.00. The second-order valence-electron chi connectivity index (χ2n) is 6.32. The molecule has 0 saturated carbocycles. The summed E-state index contributed by atoms with van der Waals surface area (Å²) in [5.74, 6) is 0.428. The highest BCUT2D eigenvalue weighted by Crippen LogP contribution is 2.38. The third-order valence-corrected chi connectivity index (χ3v) is 5.94. The van der Waals surface area contributed by atoms with Gasteiger partial charge in [0.15, 0.2) is 0 Å². The molecule has 0 saturated heterocycles. The van der Waals surface area contributed by atoms with Crippen LogP contribution in [0.15, 0.2) is 18.5 Å². The summed E-state index contributed by atoms with van der Waals surface area (Å²) in [6.07, 6.45) is 1.43. The Morgan fingerprint density at radius 2 is 1.89 bits per heavy atom. The molecule has 5 nitrogen and oxygen atoms in total. The molecule has 142 valence electrons. The average Bonchev–Trinajstić information content (AvgIpc) is 2.95. The number of carbonyl (C=O) groups excluding carboxylic acids is 1. The summed E-state index contributed by atoms with van der Waals surface area (Å²) in [7, 11) is 0. The smallest absolute Gasteiger partial charge is 0.348 e. The maximum atomic E-state index is 12.4. The molecular weight excluding hydrogens is 429 g/mol. The molecule has 0 radical (unpaired) electrons. The zero-order valence-corrected chi connectivity index (χ0v) is 17.9. The Labute approximate surface area is 175 Å². The van der Waals surface area contributed by atoms with Crippen LogP contribution in [-0.2, 0) is 4.74 Å². The Kier molecular flexibility index (Phi) is 6.11. The first-order valence-corrected chi connectivity index (χ1v) is 10.1. The molecule has 0 amide bonds. The third-order valence-electron chi connectivity index (χ3n) is 3.72. The molecule has 0 bridgehead atoms. The Hall–Kier alpha value is -1.60. The van der Waals surface area contributed by atoms with Gasteiger partial charge in [-0.15, -0.1) is 11.3 Å². The average molecular weight is 445 g/mol. The van der Waals surface area contributed by atoms with Gasteiger partial charge in [0.05, 0.1) is 32.7 Å². The highest BCUT2D eigenvalue weighted by molar-refractivity contribution is 7.20. The number of aromatic nitrogens is 2.